The standard InChI is InChI=1S/C13H12Br2ClNS/c1-7-3-4-9(14)8(5-7)12(17-2)11-6-10(15)13(16)18-11/h3-6,12,17H,1-2H3. The molecule has 0 saturated carbocycles. The molecule has 1 unspecified atom stereocenters. The molecule has 5 heteroatoms. The third-order valence-corrected chi connectivity index (χ3v) is 5.96. The first-order chi connectivity index (χ1) is 8.52. The fourth-order valence-electron chi connectivity index (χ4n) is 1.84. The van der Waals surface area contributed by atoms with Crippen LogP contribution in [0.25, 0.3) is 0 Å². The van der Waals surface area contributed by atoms with Crippen LogP contribution >= 0.6 is 54.8 Å². The molecule has 0 spiro atoms. The molecule has 2 rings (SSSR count). The molecule has 1 aromatic carbocycles. The SMILES string of the molecule is CNC(c1cc(Br)c(Cl)s1)c1cc(C)ccc1Br. The smallest absolute Gasteiger partial charge is 0.107 e. The van der Waals surface area contributed by atoms with Gasteiger partial charge in [0.2, 0.25) is 0 Å². The van der Waals surface area contributed by atoms with E-state index >= 15 is 0 Å². The van der Waals surface area contributed by atoms with Crippen LogP contribution in [-0.2, 0) is 0 Å². The summed E-state index contributed by atoms with van der Waals surface area (Å²) in [6.07, 6.45) is 0. The number of aryl methyl sites for hydroxylation is 1. The number of thiophene rings is 1. The van der Waals surface area contributed by atoms with E-state index in [0.29, 0.717) is 0 Å². The van der Waals surface area contributed by atoms with E-state index in [1.165, 1.54) is 16.0 Å². The lowest BCUT2D eigenvalue weighted by molar-refractivity contribution is 0.700. The molecule has 0 saturated heterocycles. The first-order valence-electron chi connectivity index (χ1n) is 5.41. The van der Waals surface area contributed by atoms with Crippen molar-refractivity contribution in [2.45, 2.75) is 13.0 Å². The summed E-state index contributed by atoms with van der Waals surface area (Å²) in [7, 11) is 1.96. The minimum absolute atomic E-state index is 0.146. The van der Waals surface area contributed by atoms with Gasteiger partial charge in [-0.1, -0.05) is 45.2 Å². The van der Waals surface area contributed by atoms with Crippen molar-refractivity contribution >= 4 is 54.8 Å². The van der Waals surface area contributed by atoms with Gasteiger partial charge in [-0.2, -0.15) is 0 Å². The zero-order valence-corrected chi connectivity index (χ0v) is 14.7. The second kappa shape index (κ2) is 6.06. The minimum atomic E-state index is 0.146. The molecule has 1 aromatic heterocycles. The average molecular weight is 410 g/mol. The molecule has 0 bridgehead atoms. The Morgan fingerprint density at radius 3 is 2.50 bits per heavy atom. The second-order valence-electron chi connectivity index (χ2n) is 4.02. The maximum atomic E-state index is 6.12. The molecular weight excluding hydrogens is 397 g/mol. The molecule has 18 heavy (non-hydrogen) atoms. The second-order valence-corrected chi connectivity index (χ2v) is 7.41. The number of benzene rings is 1. The molecule has 0 fully saturated rings. The quantitative estimate of drug-likeness (QED) is 0.701. The number of hydrogen-bond donors (Lipinski definition) is 1. The van der Waals surface area contributed by atoms with Crippen LogP contribution in [0.3, 0.4) is 0 Å². The van der Waals surface area contributed by atoms with Gasteiger partial charge in [0.05, 0.1) is 6.04 Å². The first-order valence-corrected chi connectivity index (χ1v) is 8.19. The highest BCUT2D eigenvalue weighted by molar-refractivity contribution is 9.10. The Morgan fingerprint density at radius 2 is 1.94 bits per heavy atom. The fourth-order valence-corrected chi connectivity index (χ4v) is 4.18. The highest BCUT2D eigenvalue weighted by Crippen LogP contribution is 2.39. The monoisotopic (exact) mass is 407 g/mol. The third kappa shape index (κ3) is 2.99. The molecule has 0 aliphatic rings. The van der Waals surface area contributed by atoms with Crippen LogP contribution in [0.5, 0.6) is 0 Å². The predicted octanol–water partition coefficient (Wildman–Crippen LogP) is 5.54. The molecule has 1 N–H and O–H groups in total. The zero-order chi connectivity index (χ0) is 13.3. The van der Waals surface area contributed by atoms with Gasteiger partial charge in [-0.05, 0) is 47.6 Å². The van der Waals surface area contributed by atoms with E-state index in [-0.39, 0.29) is 6.04 Å². The largest absolute Gasteiger partial charge is 0.309 e. The maximum Gasteiger partial charge on any atom is 0.107 e. The van der Waals surface area contributed by atoms with E-state index < -0.39 is 0 Å². The van der Waals surface area contributed by atoms with E-state index in [9.17, 15) is 0 Å². The molecule has 1 atom stereocenters. The number of hydrogen-bond acceptors (Lipinski definition) is 2. The summed E-state index contributed by atoms with van der Waals surface area (Å²) in [5.41, 5.74) is 2.47. The fraction of sp³-hybridized carbons (Fsp3) is 0.231. The summed E-state index contributed by atoms with van der Waals surface area (Å²) in [6.45, 7) is 2.10. The summed E-state index contributed by atoms with van der Waals surface area (Å²) in [5.74, 6) is 0. The maximum absolute atomic E-state index is 6.12. The number of nitrogens with one attached hydrogen (secondary N) is 1. The molecule has 2 aromatic rings. The number of halogens is 3. The van der Waals surface area contributed by atoms with Gasteiger partial charge in [0.25, 0.3) is 0 Å². The van der Waals surface area contributed by atoms with Crippen molar-refractivity contribution in [3.63, 3.8) is 0 Å². The van der Waals surface area contributed by atoms with E-state index in [4.69, 9.17) is 11.6 Å². The summed E-state index contributed by atoms with van der Waals surface area (Å²) in [5, 5.41) is 3.34. The Hall–Kier alpha value is 0.130. The van der Waals surface area contributed by atoms with E-state index in [2.05, 4.69) is 68.4 Å². The lowest BCUT2D eigenvalue weighted by Gasteiger charge is -2.17. The van der Waals surface area contributed by atoms with Gasteiger partial charge < -0.3 is 5.32 Å². The van der Waals surface area contributed by atoms with Gasteiger partial charge in [0, 0.05) is 13.8 Å². The average Bonchev–Trinajstić information content (AvgIpc) is 2.65. The lowest BCUT2D eigenvalue weighted by atomic mass is 10.0. The topological polar surface area (TPSA) is 12.0 Å². The van der Waals surface area contributed by atoms with Crippen molar-refractivity contribution in [2.75, 3.05) is 7.05 Å². The van der Waals surface area contributed by atoms with Crippen molar-refractivity contribution in [3.8, 4) is 0 Å². The minimum Gasteiger partial charge on any atom is -0.309 e. The highest BCUT2D eigenvalue weighted by atomic mass is 79.9. The summed E-state index contributed by atoms with van der Waals surface area (Å²) in [4.78, 5) is 1.20. The van der Waals surface area contributed by atoms with Crippen LogP contribution in [0.2, 0.25) is 4.34 Å². The molecule has 0 aliphatic heterocycles. The van der Waals surface area contributed by atoms with Crippen LogP contribution in [-0.4, -0.2) is 7.05 Å². The van der Waals surface area contributed by atoms with Gasteiger partial charge in [-0.15, -0.1) is 11.3 Å². The van der Waals surface area contributed by atoms with Crippen molar-refractivity contribution in [3.05, 3.63) is 53.6 Å². The van der Waals surface area contributed by atoms with Gasteiger partial charge in [-0.25, -0.2) is 0 Å². The molecule has 0 radical (unpaired) electrons. The molecule has 1 nitrogen and oxygen atoms in total. The van der Waals surface area contributed by atoms with Crippen LogP contribution in [0, 0.1) is 6.92 Å². The Bertz CT molecular complexity index is 549. The molecule has 0 amide bonds. The van der Waals surface area contributed by atoms with Crippen molar-refractivity contribution in [1.29, 1.82) is 0 Å². The van der Waals surface area contributed by atoms with E-state index in [1.807, 2.05) is 7.05 Å². The van der Waals surface area contributed by atoms with Crippen LogP contribution in [0.1, 0.15) is 22.0 Å². The third-order valence-electron chi connectivity index (χ3n) is 2.70. The molecular formula is C13H12Br2ClNS. The van der Waals surface area contributed by atoms with Crippen LogP contribution in [0.4, 0.5) is 0 Å². The summed E-state index contributed by atoms with van der Waals surface area (Å²) in [6, 6.07) is 8.58. The Balaban J connectivity index is 2.48. The van der Waals surface area contributed by atoms with Gasteiger partial charge in [-0.3, -0.25) is 0 Å². The highest BCUT2D eigenvalue weighted by Gasteiger charge is 2.18. The van der Waals surface area contributed by atoms with Gasteiger partial charge in [0.1, 0.15) is 4.34 Å². The molecule has 0 aliphatic carbocycles. The Labute approximate surface area is 133 Å². The van der Waals surface area contributed by atoms with E-state index in [1.54, 1.807) is 11.3 Å². The van der Waals surface area contributed by atoms with Gasteiger partial charge >= 0.3 is 0 Å². The summed E-state index contributed by atoms with van der Waals surface area (Å²) >= 11 is 14.8. The van der Waals surface area contributed by atoms with E-state index in [0.717, 1.165) is 13.3 Å². The van der Waals surface area contributed by atoms with Crippen LogP contribution < -0.4 is 5.32 Å². The normalized spacial score (nSPS) is 12.7. The number of rotatable bonds is 3. The van der Waals surface area contributed by atoms with Crippen molar-refractivity contribution in [1.82, 2.24) is 5.32 Å². The van der Waals surface area contributed by atoms with Crippen molar-refractivity contribution < 1.29 is 0 Å². The first kappa shape index (κ1) is 14.5. The van der Waals surface area contributed by atoms with Crippen molar-refractivity contribution in [2.24, 2.45) is 0 Å². The van der Waals surface area contributed by atoms with Crippen LogP contribution in [0.15, 0.2) is 33.2 Å². The van der Waals surface area contributed by atoms with Gasteiger partial charge in [0.15, 0.2) is 0 Å². The Morgan fingerprint density at radius 1 is 1.22 bits per heavy atom. The summed E-state index contributed by atoms with van der Waals surface area (Å²) < 4.78 is 2.84. The molecule has 96 valence electrons. The predicted molar refractivity (Wildman–Crippen MR) is 86.8 cm³/mol. The Kier molecular flexibility index (Phi) is 4.89. The zero-order valence-electron chi connectivity index (χ0n) is 9.93. The lowest BCUT2D eigenvalue weighted by Crippen LogP contribution is -2.17. The molecule has 1 heterocycles.